The Balaban J connectivity index is 2.02. The molecule has 1 aromatic carbocycles. The van der Waals surface area contributed by atoms with Crippen LogP contribution in [0.25, 0.3) is 0 Å². The Morgan fingerprint density at radius 2 is 2.08 bits per heavy atom. The van der Waals surface area contributed by atoms with Crippen LogP contribution in [0, 0.1) is 12.8 Å². The second-order valence-electron chi connectivity index (χ2n) is 6.55. The van der Waals surface area contributed by atoms with Crippen molar-refractivity contribution in [2.45, 2.75) is 32.8 Å². The van der Waals surface area contributed by atoms with Gasteiger partial charge in [0, 0.05) is 27.2 Å². The lowest BCUT2D eigenvalue weighted by Crippen LogP contribution is -2.48. The van der Waals surface area contributed by atoms with Crippen molar-refractivity contribution >= 4 is 23.4 Å². The molecule has 1 fully saturated rings. The van der Waals surface area contributed by atoms with E-state index in [-0.39, 0.29) is 17.7 Å². The SMILES string of the molecule is Cc1ccc(Cl)c(O[C@H](C)C(=O)N2CCC[C@H](C(=O)N(C)C)C2)c1. The molecule has 6 heteroatoms. The Morgan fingerprint density at radius 1 is 1.38 bits per heavy atom. The highest BCUT2D eigenvalue weighted by molar-refractivity contribution is 6.32. The molecule has 1 aliphatic rings. The van der Waals surface area contributed by atoms with E-state index in [0.717, 1.165) is 18.4 Å². The van der Waals surface area contributed by atoms with Gasteiger partial charge in [-0.1, -0.05) is 17.7 Å². The number of carbonyl (C=O) groups excluding carboxylic acids is 2. The highest BCUT2D eigenvalue weighted by Gasteiger charge is 2.31. The highest BCUT2D eigenvalue weighted by Crippen LogP contribution is 2.27. The first-order valence-corrected chi connectivity index (χ1v) is 8.60. The third-order valence-corrected chi connectivity index (χ3v) is 4.57. The fraction of sp³-hybridized carbons (Fsp3) is 0.556. The quantitative estimate of drug-likeness (QED) is 0.837. The number of ether oxygens (including phenoxy) is 1. The van der Waals surface area contributed by atoms with Crippen LogP contribution in [0.4, 0.5) is 0 Å². The smallest absolute Gasteiger partial charge is 0.263 e. The molecule has 5 nitrogen and oxygen atoms in total. The zero-order valence-electron chi connectivity index (χ0n) is 14.7. The topological polar surface area (TPSA) is 49.9 Å². The van der Waals surface area contributed by atoms with Crippen LogP contribution in [0.1, 0.15) is 25.3 Å². The number of hydrogen-bond donors (Lipinski definition) is 0. The average molecular weight is 353 g/mol. The van der Waals surface area contributed by atoms with Gasteiger partial charge in [0.05, 0.1) is 10.9 Å². The van der Waals surface area contributed by atoms with Gasteiger partial charge in [-0.15, -0.1) is 0 Å². The zero-order chi connectivity index (χ0) is 17.9. The summed E-state index contributed by atoms with van der Waals surface area (Å²) in [5, 5.41) is 0.486. The lowest BCUT2D eigenvalue weighted by atomic mass is 9.96. The van der Waals surface area contributed by atoms with Crippen LogP contribution < -0.4 is 4.74 Å². The molecule has 1 heterocycles. The standard InChI is InChI=1S/C18H25ClN2O3/c1-12-7-8-15(19)16(10-12)24-13(2)17(22)21-9-5-6-14(11-21)18(23)20(3)4/h7-8,10,13-14H,5-6,9,11H2,1-4H3/t13-,14+/m1/s1. The zero-order valence-corrected chi connectivity index (χ0v) is 15.5. The van der Waals surface area contributed by atoms with E-state index >= 15 is 0 Å². The molecule has 2 amide bonds. The van der Waals surface area contributed by atoms with Crippen LogP contribution in [-0.2, 0) is 9.59 Å². The van der Waals surface area contributed by atoms with Crippen LogP contribution in [0.5, 0.6) is 5.75 Å². The Hall–Kier alpha value is -1.75. The number of carbonyl (C=O) groups is 2. The second-order valence-corrected chi connectivity index (χ2v) is 6.96. The van der Waals surface area contributed by atoms with Crippen LogP contribution in [0.2, 0.25) is 5.02 Å². The predicted molar refractivity (Wildman–Crippen MR) is 94.3 cm³/mol. The Kier molecular flexibility index (Phi) is 6.10. The normalized spacial score (nSPS) is 18.9. The molecule has 0 aromatic heterocycles. The Morgan fingerprint density at radius 3 is 2.75 bits per heavy atom. The molecule has 1 saturated heterocycles. The summed E-state index contributed by atoms with van der Waals surface area (Å²) in [5.41, 5.74) is 1.02. The van der Waals surface area contributed by atoms with E-state index in [4.69, 9.17) is 16.3 Å². The lowest BCUT2D eigenvalue weighted by Gasteiger charge is -2.34. The fourth-order valence-electron chi connectivity index (χ4n) is 2.94. The summed E-state index contributed by atoms with van der Waals surface area (Å²) in [6.45, 7) is 4.77. The molecule has 132 valence electrons. The summed E-state index contributed by atoms with van der Waals surface area (Å²) in [5.74, 6) is 0.342. The number of amides is 2. The molecule has 0 N–H and O–H groups in total. The molecule has 0 spiro atoms. The van der Waals surface area contributed by atoms with E-state index in [9.17, 15) is 9.59 Å². The number of halogens is 1. The summed E-state index contributed by atoms with van der Waals surface area (Å²) in [4.78, 5) is 28.1. The Labute approximate surface area is 148 Å². The highest BCUT2D eigenvalue weighted by atomic mass is 35.5. The first kappa shape index (κ1) is 18.6. The minimum absolute atomic E-state index is 0.0720. The molecule has 1 aliphatic heterocycles. The number of piperidine rings is 1. The molecule has 0 unspecified atom stereocenters. The predicted octanol–water partition coefficient (Wildman–Crippen LogP) is 2.74. The molecular weight excluding hydrogens is 328 g/mol. The van der Waals surface area contributed by atoms with Crippen molar-refractivity contribution in [2.24, 2.45) is 5.92 Å². The van der Waals surface area contributed by atoms with Gasteiger partial charge in [0.25, 0.3) is 5.91 Å². The van der Waals surface area contributed by atoms with Crippen LogP contribution in [0.3, 0.4) is 0 Å². The summed E-state index contributed by atoms with van der Waals surface area (Å²) in [6, 6.07) is 5.47. The number of benzene rings is 1. The molecule has 0 bridgehead atoms. The van der Waals surface area contributed by atoms with Crippen LogP contribution in [-0.4, -0.2) is 54.9 Å². The van der Waals surface area contributed by atoms with Crippen LogP contribution >= 0.6 is 11.6 Å². The van der Waals surface area contributed by atoms with Gasteiger partial charge in [-0.05, 0) is 44.4 Å². The number of rotatable bonds is 4. The summed E-state index contributed by atoms with van der Waals surface area (Å²) in [7, 11) is 3.49. The van der Waals surface area contributed by atoms with E-state index < -0.39 is 6.10 Å². The maximum atomic E-state index is 12.7. The van der Waals surface area contributed by atoms with E-state index in [1.54, 1.807) is 36.9 Å². The molecule has 24 heavy (non-hydrogen) atoms. The summed E-state index contributed by atoms with van der Waals surface area (Å²) < 4.78 is 5.77. The molecule has 2 atom stereocenters. The minimum atomic E-state index is -0.641. The third kappa shape index (κ3) is 4.41. The first-order valence-electron chi connectivity index (χ1n) is 8.22. The molecule has 2 rings (SSSR count). The van der Waals surface area contributed by atoms with Crippen molar-refractivity contribution in [3.8, 4) is 5.75 Å². The van der Waals surface area contributed by atoms with E-state index in [0.29, 0.717) is 23.9 Å². The van der Waals surface area contributed by atoms with Gasteiger partial charge in [0.15, 0.2) is 6.10 Å². The van der Waals surface area contributed by atoms with Gasteiger partial charge in [0.2, 0.25) is 5.91 Å². The van der Waals surface area contributed by atoms with E-state index in [2.05, 4.69) is 0 Å². The van der Waals surface area contributed by atoms with E-state index in [1.165, 1.54) is 0 Å². The summed E-state index contributed by atoms with van der Waals surface area (Å²) in [6.07, 6.45) is 1.01. The monoisotopic (exact) mass is 352 g/mol. The Bertz CT molecular complexity index is 618. The van der Waals surface area contributed by atoms with Gasteiger partial charge < -0.3 is 14.5 Å². The number of likely N-dealkylation sites (tertiary alicyclic amines) is 1. The lowest BCUT2D eigenvalue weighted by molar-refractivity contribution is -0.143. The molecule has 1 aromatic rings. The number of nitrogens with zero attached hydrogens (tertiary/aromatic N) is 2. The van der Waals surface area contributed by atoms with Crippen molar-refractivity contribution in [3.05, 3.63) is 28.8 Å². The van der Waals surface area contributed by atoms with Gasteiger partial charge in [-0.25, -0.2) is 0 Å². The van der Waals surface area contributed by atoms with Crippen molar-refractivity contribution in [2.75, 3.05) is 27.2 Å². The number of aryl methyl sites for hydroxylation is 1. The van der Waals surface area contributed by atoms with Crippen molar-refractivity contribution in [3.63, 3.8) is 0 Å². The third-order valence-electron chi connectivity index (χ3n) is 4.26. The fourth-order valence-corrected chi connectivity index (χ4v) is 3.10. The van der Waals surface area contributed by atoms with Crippen molar-refractivity contribution < 1.29 is 14.3 Å². The summed E-state index contributed by atoms with van der Waals surface area (Å²) >= 11 is 6.13. The van der Waals surface area contributed by atoms with Gasteiger partial charge in [-0.2, -0.15) is 0 Å². The first-order chi connectivity index (χ1) is 11.3. The molecule has 0 aliphatic carbocycles. The van der Waals surface area contributed by atoms with Gasteiger partial charge in [-0.3, -0.25) is 9.59 Å². The van der Waals surface area contributed by atoms with Crippen molar-refractivity contribution in [1.82, 2.24) is 9.80 Å². The second kappa shape index (κ2) is 7.88. The molecular formula is C18H25ClN2O3. The van der Waals surface area contributed by atoms with Crippen molar-refractivity contribution in [1.29, 1.82) is 0 Å². The number of hydrogen-bond acceptors (Lipinski definition) is 3. The average Bonchev–Trinajstić information content (AvgIpc) is 2.56. The molecule has 0 radical (unpaired) electrons. The maximum absolute atomic E-state index is 12.7. The minimum Gasteiger partial charge on any atom is -0.479 e. The van der Waals surface area contributed by atoms with Gasteiger partial charge >= 0.3 is 0 Å². The van der Waals surface area contributed by atoms with Crippen LogP contribution in [0.15, 0.2) is 18.2 Å². The van der Waals surface area contributed by atoms with E-state index in [1.807, 2.05) is 19.1 Å². The largest absolute Gasteiger partial charge is 0.479 e. The molecule has 0 saturated carbocycles. The maximum Gasteiger partial charge on any atom is 0.263 e. The van der Waals surface area contributed by atoms with Gasteiger partial charge in [0.1, 0.15) is 5.75 Å².